The fourth-order valence-corrected chi connectivity index (χ4v) is 2.27. The molecular weight excluding hydrogens is 244 g/mol. The van der Waals surface area contributed by atoms with Gasteiger partial charge >= 0.3 is 0 Å². The van der Waals surface area contributed by atoms with Crippen LogP contribution in [-0.2, 0) is 0 Å². The van der Waals surface area contributed by atoms with Gasteiger partial charge in [0.15, 0.2) is 5.69 Å². The molecule has 3 rings (SSSR count). The number of aromatic nitrogens is 2. The Morgan fingerprint density at radius 1 is 1.53 bits per heavy atom. The van der Waals surface area contributed by atoms with Crippen LogP contribution in [0.2, 0.25) is 0 Å². The van der Waals surface area contributed by atoms with E-state index in [1.54, 1.807) is 17.0 Å². The third-order valence-electron chi connectivity index (χ3n) is 3.38. The minimum atomic E-state index is -0.145. The van der Waals surface area contributed by atoms with Gasteiger partial charge in [-0.3, -0.25) is 9.89 Å². The average molecular weight is 260 g/mol. The lowest BCUT2D eigenvalue weighted by atomic mass is 10.1. The number of hydrogen-bond acceptors (Lipinski definition) is 4. The number of benzene rings is 1. The Balaban J connectivity index is 1.98. The van der Waals surface area contributed by atoms with Crippen LogP contribution in [0, 0.1) is 0 Å². The number of H-pyrrole nitrogens is 1. The van der Waals surface area contributed by atoms with Crippen molar-refractivity contribution in [1.29, 1.82) is 0 Å². The second kappa shape index (κ2) is 4.55. The summed E-state index contributed by atoms with van der Waals surface area (Å²) < 4.78 is 0. The molecule has 1 heterocycles. The molecule has 0 spiro atoms. The summed E-state index contributed by atoms with van der Waals surface area (Å²) in [5.74, 6) is -0.145. The van der Waals surface area contributed by atoms with Crippen molar-refractivity contribution in [1.82, 2.24) is 15.1 Å². The lowest BCUT2D eigenvalue weighted by Crippen LogP contribution is -2.35. The Morgan fingerprint density at radius 3 is 3.00 bits per heavy atom. The van der Waals surface area contributed by atoms with Crippen molar-refractivity contribution >= 4 is 22.5 Å². The number of amides is 1. The van der Waals surface area contributed by atoms with Gasteiger partial charge < -0.3 is 15.7 Å². The molecule has 0 saturated heterocycles. The third kappa shape index (κ3) is 2.15. The number of aliphatic hydroxyl groups is 1. The fraction of sp³-hybridized carbons (Fsp3) is 0.385. The molecule has 2 aromatic rings. The fourth-order valence-electron chi connectivity index (χ4n) is 2.27. The SMILES string of the molecule is Nc1ccc2[nH]nc(C(=O)N(CCO)C3CC3)c2c1. The van der Waals surface area contributed by atoms with Crippen LogP contribution in [-0.4, -0.2) is 45.3 Å². The number of nitrogens with one attached hydrogen (secondary N) is 1. The number of aliphatic hydroxyl groups excluding tert-OH is 1. The molecule has 1 saturated carbocycles. The van der Waals surface area contributed by atoms with Crippen LogP contribution in [0.25, 0.3) is 10.9 Å². The largest absolute Gasteiger partial charge is 0.399 e. The Bertz CT molecular complexity index is 618. The summed E-state index contributed by atoms with van der Waals surface area (Å²) >= 11 is 0. The number of rotatable bonds is 4. The van der Waals surface area contributed by atoms with Crippen molar-refractivity contribution in [3.63, 3.8) is 0 Å². The van der Waals surface area contributed by atoms with E-state index in [0.29, 0.717) is 17.9 Å². The summed E-state index contributed by atoms with van der Waals surface area (Å²) in [4.78, 5) is 14.2. The number of nitrogens with zero attached hydrogens (tertiary/aromatic N) is 2. The van der Waals surface area contributed by atoms with Crippen LogP contribution in [0.15, 0.2) is 18.2 Å². The quantitative estimate of drug-likeness (QED) is 0.707. The standard InChI is InChI=1S/C13H16N4O2/c14-8-1-4-11-10(7-8)12(16-15-11)13(19)17(5-6-18)9-2-3-9/h1,4,7,9,18H,2-3,5-6,14H2,(H,15,16). The second-order valence-corrected chi connectivity index (χ2v) is 4.83. The normalized spacial score (nSPS) is 14.8. The van der Waals surface area contributed by atoms with Crippen molar-refractivity contribution in [2.75, 3.05) is 18.9 Å². The van der Waals surface area contributed by atoms with Crippen LogP contribution < -0.4 is 5.73 Å². The highest BCUT2D eigenvalue weighted by Crippen LogP contribution is 2.29. The number of aromatic amines is 1. The molecular formula is C13H16N4O2. The van der Waals surface area contributed by atoms with Gasteiger partial charge in [-0.15, -0.1) is 0 Å². The van der Waals surface area contributed by atoms with E-state index in [1.807, 2.05) is 6.07 Å². The predicted octanol–water partition coefficient (Wildman–Crippen LogP) is 0.742. The molecule has 1 aliphatic rings. The highest BCUT2D eigenvalue weighted by Gasteiger charge is 2.34. The Kier molecular flexibility index (Phi) is 2.87. The Labute approximate surface area is 110 Å². The molecule has 6 heteroatoms. The first-order valence-electron chi connectivity index (χ1n) is 6.36. The molecule has 1 aliphatic carbocycles. The van der Waals surface area contributed by atoms with Crippen molar-refractivity contribution in [2.24, 2.45) is 0 Å². The zero-order valence-corrected chi connectivity index (χ0v) is 10.5. The molecule has 0 atom stereocenters. The van der Waals surface area contributed by atoms with Gasteiger partial charge in [-0.2, -0.15) is 5.10 Å². The van der Waals surface area contributed by atoms with E-state index >= 15 is 0 Å². The number of carbonyl (C=O) groups is 1. The zero-order chi connectivity index (χ0) is 13.4. The summed E-state index contributed by atoms with van der Waals surface area (Å²) in [5.41, 5.74) is 7.52. The first-order chi connectivity index (χ1) is 9.20. The van der Waals surface area contributed by atoms with E-state index in [0.717, 1.165) is 23.7 Å². The summed E-state index contributed by atoms with van der Waals surface area (Å²) in [7, 11) is 0. The van der Waals surface area contributed by atoms with Gasteiger partial charge in [0.1, 0.15) is 0 Å². The molecule has 100 valence electrons. The predicted molar refractivity (Wildman–Crippen MR) is 71.7 cm³/mol. The number of anilines is 1. The van der Waals surface area contributed by atoms with Crippen LogP contribution in [0.4, 0.5) is 5.69 Å². The number of nitrogens with two attached hydrogens (primary N) is 1. The second-order valence-electron chi connectivity index (χ2n) is 4.83. The molecule has 1 aromatic heterocycles. The molecule has 6 nitrogen and oxygen atoms in total. The smallest absolute Gasteiger partial charge is 0.275 e. The lowest BCUT2D eigenvalue weighted by molar-refractivity contribution is 0.0703. The van der Waals surface area contributed by atoms with Crippen molar-refractivity contribution in [2.45, 2.75) is 18.9 Å². The highest BCUT2D eigenvalue weighted by atomic mass is 16.3. The molecule has 0 radical (unpaired) electrons. The summed E-state index contributed by atoms with van der Waals surface area (Å²) in [6, 6.07) is 5.56. The summed E-state index contributed by atoms with van der Waals surface area (Å²) in [6.07, 6.45) is 1.99. The van der Waals surface area contributed by atoms with Gasteiger partial charge in [-0.05, 0) is 31.0 Å². The van der Waals surface area contributed by atoms with Gasteiger partial charge in [0.2, 0.25) is 0 Å². The Morgan fingerprint density at radius 2 is 2.32 bits per heavy atom. The first kappa shape index (κ1) is 12.0. The zero-order valence-electron chi connectivity index (χ0n) is 10.5. The van der Waals surface area contributed by atoms with Crippen molar-refractivity contribution in [3.8, 4) is 0 Å². The average Bonchev–Trinajstić information content (AvgIpc) is 3.15. The van der Waals surface area contributed by atoms with Crippen LogP contribution in [0.1, 0.15) is 23.3 Å². The van der Waals surface area contributed by atoms with E-state index in [-0.39, 0.29) is 18.6 Å². The third-order valence-corrected chi connectivity index (χ3v) is 3.38. The minimum Gasteiger partial charge on any atom is -0.399 e. The van der Waals surface area contributed by atoms with Gasteiger partial charge in [-0.1, -0.05) is 0 Å². The first-order valence-corrected chi connectivity index (χ1v) is 6.36. The van der Waals surface area contributed by atoms with Crippen molar-refractivity contribution < 1.29 is 9.90 Å². The van der Waals surface area contributed by atoms with Gasteiger partial charge in [0.25, 0.3) is 5.91 Å². The Hall–Kier alpha value is -2.08. The molecule has 1 amide bonds. The molecule has 4 N–H and O–H groups in total. The number of hydrogen-bond donors (Lipinski definition) is 3. The maximum atomic E-state index is 12.5. The van der Waals surface area contributed by atoms with E-state index in [9.17, 15) is 4.79 Å². The summed E-state index contributed by atoms with van der Waals surface area (Å²) in [6.45, 7) is 0.312. The maximum Gasteiger partial charge on any atom is 0.275 e. The minimum absolute atomic E-state index is 0.0350. The molecule has 0 unspecified atom stereocenters. The maximum absolute atomic E-state index is 12.5. The molecule has 1 fully saturated rings. The van der Waals surface area contributed by atoms with Gasteiger partial charge in [0.05, 0.1) is 12.1 Å². The molecule has 0 bridgehead atoms. The number of fused-ring (bicyclic) bond motifs is 1. The van der Waals surface area contributed by atoms with E-state index in [4.69, 9.17) is 10.8 Å². The summed E-state index contributed by atoms with van der Waals surface area (Å²) in [5, 5.41) is 16.7. The molecule has 0 aliphatic heterocycles. The van der Waals surface area contributed by atoms with Crippen molar-refractivity contribution in [3.05, 3.63) is 23.9 Å². The number of nitrogen functional groups attached to an aromatic ring is 1. The van der Waals surface area contributed by atoms with E-state index < -0.39 is 0 Å². The topological polar surface area (TPSA) is 95.2 Å². The highest BCUT2D eigenvalue weighted by molar-refractivity contribution is 6.05. The van der Waals surface area contributed by atoms with Crippen LogP contribution in [0.3, 0.4) is 0 Å². The monoisotopic (exact) mass is 260 g/mol. The van der Waals surface area contributed by atoms with E-state index in [1.165, 1.54) is 0 Å². The van der Waals surface area contributed by atoms with E-state index in [2.05, 4.69) is 10.2 Å². The van der Waals surface area contributed by atoms with Crippen LogP contribution >= 0.6 is 0 Å². The van der Waals surface area contributed by atoms with Gasteiger partial charge in [0, 0.05) is 23.7 Å². The van der Waals surface area contributed by atoms with Gasteiger partial charge in [-0.25, -0.2) is 0 Å². The molecule has 1 aromatic carbocycles. The van der Waals surface area contributed by atoms with Crippen LogP contribution in [0.5, 0.6) is 0 Å². The molecule has 19 heavy (non-hydrogen) atoms. The number of carbonyl (C=O) groups excluding carboxylic acids is 1. The lowest BCUT2D eigenvalue weighted by Gasteiger charge is -2.20.